The van der Waals surface area contributed by atoms with Crippen LogP contribution in [0.5, 0.6) is 0 Å². The minimum atomic E-state index is -4.13. The Morgan fingerprint density at radius 1 is 1.35 bits per heavy atom. The molecule has 1 aromatic heterocycles. The van der Waals surface area contributed by atoms with Crippen LogP contribution in [-0.2, 0) is 10.0 Å². The maximum atomic E-state index is 13.4. The number of nitrogens with one attached hydrogen (secondary N) is 1. The zero-order valence-electron chi connectivity index (χ0n) is 9.74. The maximum absolute atomic E-state index is 13.4. The van der Waals surface area contributed by atoms with Gasteiger partial charge in [0.25, 0.3) is 10.0 Å². The minimum absolute atomic E-state index is 0.232. The van der Waals surface area contributed by atoms with E-state index in [-0.39, 0.29) is 14.9 Å². The van der Waals surface area contributed by atoms with Crippen LogP contribution in [0.4, 0.5) is 20.8 Å². The summed E-state index contributed by atoms with van der Waals surface area (Å²) in [7, 11) is -4.13. The second kappa shape index (κ2) is 5.06. The van der Waals surface area contributed by atoms with Crippen LogP contribution in [0.15, 0.2) is 34.5 Å². The normalized spacial score (nSPS) is 11.2. The number of thiophene rings is 1. The topological polar surface area (TPSA) is 115 Å². The molecule has 0 aliphatic heterocycles. The van der Waals surface area contributed by atoms with Gasteiger partial charge in [0.15, 0.2) is 5.00 Å². The summed E-state index contributed by atoms with van der Waals surface area (Å²) in [6, 6.07) is 6.01. The molecule has 0 saturated heterocycles. The average molecular weight is 317 g/mol. The van der Waals surface area contributed by atoms with E-state index in [1.54, 1.807) is 0 Å². The molecule has 0 aliphatic carbocycles. The van der Waals surface area contributed by atoms with Gasteiger partial charge in [-0.3, -0.25) is 14.8 Å². The number of nitrogen functional groups attached to an aromatic ring is 1. The van der Waals surface area contributed by atoms with Crippen molar-refractivity contribution in [3.05, 3.63) is 46.3 Å². The molecule has 106 valence electrons. The van der Waals surface area contributed by atoms with Gasteiger partial charge in [-0.05, 0) is 12.1 Å². The van der Waals surface area contributed by atoms with Gasteiger partial charge in [-0.25, -0.2) is 12.8 Å². The number of halogens is 1. The van der Waals surface area contributed by atoms with E-state index >= 15 is 0 Å². The second-order valence-electron chi connectivity index (χ2n) is 3.66. The Morgan fingerprint density at radius 3 is 2.55 bits per heavy atom. The third kappa shape index (κ3) is 2.70. The van der Waals surface area contributed by atoms with E-state index in [1.165, 1.54) is 18.2 Å². The van der Waals surface area contributed by atoms with Crippen LogP contribution in [0.25, 0.3) is 0 Å². The number of nitrogens with two attached hydrogens (primary N) is 1. The third-order valence-electron chi connectivity index (χ3n) is 2.30. The van der Waals surface area contributed by atoms with E-state index in [1.807, 2.05) is 4.72 Å². The van der Waals surface area contributed by atoms with Crippen LogP contribution < -0.4 is 10.5 Å². The Balaban J connectivity index is 2.39. The molecule has 1 aromatic carbocycles. The SMILES string of the molecule is Nc1sc(S(=O)(=O)Nc2ccccc2F)cc1[N+](=O)[O-]. The van der Waals surface area contributed by atoms with Crippen molar-refractivity contribution in [3.8, 4) is 0 Å². The molecule has 2 aromatic rings. The molecule has 1 heterocycles. The third-order valence-corrected chi connectivity index (χ3v) is 5.09. The number of nitro groups is 1. The first kappa shape index (κ1) is 14.2. The van der Waals surface area contributed by atoms with E-state index in [9.17, 15) is 22.9 Å². The zero-order chi connectivity index (χ0) is 14.9. The van der Waals surface area contributed by atoms with Gasteiger partial charge in [-0.2, -0.15) is 0 Å². The molecule has 0 atom stereocenters. The standard InChI is InChI=1S/C10H8FN3O4S2/c11-6-3-1-2-4-7(6)13-20(17,18)9-5-8(14(15)16)10(12)19-9/h1-5,13H,12H2. The first-order valence-corrected chi connectivity index (χ1v) is 7.42. The van der Waals surface area contributed by atoms with Crippen LogP contribution in [0.2, 0.25) is 0 Å². The van der Waals surface area contributed by atoms with Gasteiger partial charge in [-0.15, -0.1) is 0 Å². The van der Waals surface area contributed by atoms with Crippen LogP contribution in [0.3, 0.4) is 0 Å². The van der Waals surface area contributed by atoms with Crippen molar-refractivity contribution in [2.45, 2.75) is 4.21 Å². The predicted octanol–water partition coefficient (Wildman–Crippen LogP) is 2.18. The Hall–Kier alpha value is -2.20. The number of para-hydroxylation sites is 1. The van der Waals surface area contributed by atoms with Crippen molar-refractivity contribution in [2.75, 3.05) is 10.5 Å². The first-order valence-electron chi connectivity index (χ1n) is 5.12. The average Bonchev–Trinajstić information content (AvgIpc) is 2.75. The van der Waals surface area contributed by atoms with Gasteiger partial charge < -0.3 is 5.73 Å². The molecule has 3 N–H and O–H groups in total. The van der Waals surface area contributed by atoms with Gasteiger partial charge in [0.2, 0.25) is 0 Å². The lowest BCUT2D eigenvalue weighted by Gasteiger charge is -2.06. The van der Waals surface area contributed by atoms with Crippen LogP contribution in [0, 0.1) is 15.9 Å². The molecule has 10 heteroatoms. The predicted molar refractivity (Wildman–Crippen MR) is 72.6 cm³/mol. The second-order valence-corrected chi connectivity index (χ2v) is 6.65. The highest BCUT2D eigenvalue weighted by molar-refractivity contribution is 7.94. The number of rotatable bonds is 4. The van der Waals surface area contributed by atoms with Crippen molar-refractivity contribution >= 4 is 37.7 Å². The summed E-state index contributed by atoms with van der Waals surface area (Å²) in [5, 5.41) is 10.4. The highest BCUT2D eigenvalue weighted by atomic mass is 32.2. The van der Waals surface area contributed by atoms with E-state index in [4.69, 9.17) is 5.73 Å². The van der Waals surface area contributed by atoms with Crippen molar-refractivity contribution in [3.63, 3.8) is 0 Å². The molecular weight excluding hydrogens is 309 g/mol. The Bertz CT molecular complexity index is 773. The number of hydrogen-bond acceptors (Lipinski definition) is 6. The lowest BCUT2D eigenvalue weighted by Crippen LogP contribution is -2.12. The van der Waals surface area contributed by atoms with E-state index in [0.29, 0.717) is 11.3 Å². The van der Waals surface area contributed by atoms with Gasteiger partial charge in [0.05, 0.1) is 10.6 Å². The summed E-state index contributed by atoms with van der Waals surface area (Å²) in [6.07, 6.45) is 0. The summed E-state index contributed by atoms with van der Waals surface area (Å²) < 4.78 is 39.0. The maximum Gasteiger partial charge on any atom is 0.304 e. The number of benzene rings is 1. The molecule has 0 amide bonds. The molecule has 20 heavy (non-hydrogen) atoms. The van der Waals surface area contributed by atoms with Gasteiger partial charge in [0, 0.05) is 6.07 Å². The molecular formula is C10H8FN3O4S2. The first-order chi connectivity index (χ1) is 9.31. The van der Waals surface area contributed by atoms with Crippen LogP contribution in [-0.4, -0.2) is 13.3 Å². The molecule has 0 unspecified atom stereocenters. The molecule has 0 bridgehead atoms. The Kier molecular flexibility index (Phi) is 3.59. The van der Waals surface area contributed by atoms with Gasteiger partial charge >= 0.3 is 5.69 Å². The molecule has 0 fully saturated rings. The lowest BCUT2D eigenvalue weighted by atomic mass is 10.3. The Labute approximate surface area is 117 Å². The van der Waals surface area contributed by atoms with E-state index in [0.717, 1.165) is 12.1 Å². The highest BCUT2D eigenvalue weighted by Gasteiger charge is 2.25. The number of anilines is 2. The number of sulfonamides is 1. The van der Waals surface area contributed by atoms with Crippen molar-refractivity contribution in [1.82, 2.24) is 0 Å². The zero-order valence-corrected chi connectivity index (χ0v) is 11.4. The number of hydrogen-bond donors (Lipinski definition) is 2. The summed E-state index contributed by atoms with van der Waals surface area (Å²) in [4.78, 5) is 9.85. The summed E-state index contributed by atoms with van der Waals surface area (Å²) in [6.45, 7) is 0. The molecule has 0 spiro atoms. The van der Waals surface area contributed by atoms with Crippen LogP contribution in [0.1, 0.15) is 0 Å². The summed E-state index contributed by atoms with van der Waals surface area (Å²) in [5.41, 5.74) is 4.63. The van der Waals surface area contributed by atoms with Crippen molar-refractivity contribution in [1.29, 1.82) is 0 Å². The lowest BCUT2D eigenvalue weighted by molar-refractivity contribution is -0.383. The van der Waals surface area contributed by atoms with E-state index < -0.39 is 26.5 Å². The van der Waals surface area contributed by atoms with Crippen molar-refractivity contribution in [2.24, 2.45) is 0 Å². The molecule has 0 aliphatic rings. The largest absolute Gasteiger partial charge is 0.385 e. The van der Waals surface area contributed by atoms with Crippen molar-refractivity contribution < 1.29 is 17.7 Å². The monoisotopic (exact) mass is 317 g/mol. The molecule has 7 nitrogen and oxygen atoms in total. The van der Waals surface area contributed by atoms with E-state index in [2.05, 4.69) is 0 Å². The summed E-state index contributed by atoms with van der Waals surface area (Å²) in [5.74, 6) is -0.755. The molecule has 0 saturated carbocycles. The molecule has 0 radical (unpaired) electrons. The highest BCUT2D eigenvalue weighted by Crippen LogP contribution is 2.35. The minimum Gasteiger partial charge on any atom is -0.385 e. The van der Waals surface area contributed by atoms with Crippen LogP contribution >= 0.6 is 11.3 Å². The smallest absolute Gasteiger partial charge is 0.304 e. The quantitative estimate of drug-likeness (QED) is 0.662. The fourth-order valence-electron chi connectivity index (χ4n) is 1.39. The van der Waals surface area contributed by atoms with Gasteiger partial charge in [-0.1, -0.05) is 23.5 Å². The molecule has 2 rings (SSSR count). The Morgan fingerprint density at radius 2 is 2.00 bits per heavy atom. The fraction of sp³-hybridized carbons (Fsp3) is 0. The fourth-order valence-corrected chi connectivity index (χ4v) is 3.67. The van der Waals surface area contributed by atoms with Gasteiger partial charge in [0.1, 0.15) is 10.0 Å². The number of nitrogens with zero attached hydrogens (tertiary/aromatic N) is 1. The summed E-state index contributed by atoms with van der Waals surface area (Å²) >= 11 is 0.538.